The summed E-state index contributed by atoms with van der Waals surface area (Å²) < 4.78 is 6.30. The van der Waals surface area contributed by atoms with Gasteiger partial charge in [-0.25, -0.2) is 4.79 Å². The molecule has 0 aromatic carbocycles. The highest BCUT2D eigenvalue weighted by molar-refractivity contribution is 5.93. The van der Waals surface area contributed by atoms with Crippen LogP contribution in [0, 0.1) is 11.3 Å². The zero-order valence-corrected chi connectivity index (χ0v) is 9.10. The number of rotatable bonds is 4. The van der Waals surface area contributed by atoms with Gasteiger partial charge in [0.2, 0.25) is 0 Å². The van der Waals surface area contributed by atoms with Crippen molar-refractivity contribution in [1.29, 1.82) is 5.26 Å². The molecule has 1 aromatic heterocycles. The van der Waals surface area contributed by atoms with Gasteiger partial charge in [-0.2, -0.15) is 10.4 Å². The van der Waals surface area contributed by atoms with Gasteiger partial charge in [0.15, 0.2) is 11.4 Å². The van der Waals surface area contributed by atoms with Gasteiger partial charge in [-0.3, -0.25) is 4.68 Å². The van der Waals surface area contributed by atoms with Crippen molar-refractivity contribution in [3.05, 3.63) is 24.0 Å². The molecule has 1 N–H and O–H groups in total. The highest BCUT2D eigenvalue weighted by Crippen LogP contribution is 2.03. The highest BCUT2D eigenvalue weighted by atomic mass is 16.5. The second-order valence-corrected chi connectivity index (χ2v) is 2.91. The number of carbonyl (C=O) groups is 1. The highest BCUT2D eigenvalue weighted by Gasteiger charge is 2.09. The Bertz CT molecular complexity index is 442. The van der Waals surface area contributed by atoms with E-state index in [4.69, 9.17) is 10.00 Å². The van der Waals surface area contributed by atoms with Gasteiger partial charge < -0.3 is 10.1 Å². The summed E-state index contributed by atoms with van der Waals surface area (Å²) in [7, 11) is 1.77. The number of nitrogens with zero attached hydrogens (tertiary/aromatic N) is 3. The lowest BCUT2D eigenvalue weighted by molar-refractivity contribution is -0.138. The van der Waals surface area contributed by atoms with Crippen LogP contribution in [0.5, 0.6) is 0 Å². The van der Waals surface area contributed by atoms with Crippen LogP contribution < -0.4 is 5.32 Å². The third-order valence-corrected chi connectivity index (χ3v) is 1.69. The molecule has 6 nitrogen and oxygen atoms in total. The Balaban J connectivity index is 2.67. The quantitative estimate of drug-likeness (QED) is 0.461. The molecule has 0 saturated carbocycles. The molecule has 0 fully saturated rings. The Morgan fingerprint density at radius 1 is 1.81 bits per heavy atom. The van der Waals surface area contributed by atoms with E-state index in [1.807, 2.05) is 0 Å². The fourth-order valence-electron chi connectivity index (χ4n) is 0.984. The lowest BCUT2D eigenvalue weighted by Gasteiger charge is -1.99. The molecule has 0 radical (unpaired) electrons. The zero-order chi connectivity index (χ0) is 12.0. The molecule has 0 bridgehead atoms. The van der Waals surface area contributed by atoms with E-state index in [1.54, 1.807) is 37.0 Å². The van der Waals surface area contributed by atoms with E-state index in [2.05, 4.69) is 10.4 Å². The number of aryl methyl sites for hydroxylation is 1. The SMILES string of the molecule is CCOC(=O)/C(C#N)=C/Nc1ccn(C)n1. The first-order chi connectivity index (χ1) is 7.67. The topological polar surface area (TPSA) is 79.9 Å². The number of hydrogen-bond donors (Lipinski definition) is 1. The molecule has 0 spiro atoms. The maximum atomic E-state index is 11.2. The van der Waals surface area contributed by atoms with Crippen molar-refractivity contribution in [1.82, 2.24) is 9.78 Å². The molecule has 0 saturated heterocycles. The lowest BCUT2D eigenvalue weighted by atomic mass is 10.3. The molecular weight excluding hydrogens is 208 g/mol. The van der Waals surface area contributed by atoms with E-state index in [0.29, 0.717) is 5.82 Å². The van der Waals surface area contributed by atoms with E-state index in [1.165, 1.54) is 6.20 Å². The number of nitrogens with one attached hydrogen (secondary N) is 1. The van der Waals surface area contributed by atoms with E-state index in [9.17, 15) is 4.79 Å². The monoisotopic (exact) mass is 220 g/mol. The Labute approximate surface area is 93.1 Å². The first kappa shape index (κ1) is 11.8. The molecular formula is C10H12N4O2. The number of aromatic nitrogens is 2. The van der Waals surface area contributed by atoms with Gasteiger partial charge in [-0.1, -0.05) is 0 Å². The lowest BCUT2D eigenvalue weighted by Crippen LogP contribution is -2.08. The van der Waals surface area contributed by atoms with Crippen molar-refractivity contribution >= 4 is 11.8 Å². The van der Waals surface area contributed by atoms with Crippen molar-refractivity contribution in [2.24, 2.45) is 7.05 Å². The average Bonchev–Trinajstić information content (AvgIpc) is 2.65. The van der Waals surface area contributed by atoms with Gasteiger partial charge in [-0.05, 0) is 6.92 Å². The summed E-state index contributed by atoms with van der Waals surface area (Å²) in [6, 6.07) is 3.47. The normalized spacial score (nSPS) is 10.7. The number of nitriles is 1. The summed E-state index contributed by atoms with van der Waals surface area (Å²) in [5.41, 5.74) is -0.0903. The van der Waals surface area contributed by atoms with E-state index < -0.39 is 5.97 Å². The van der Waals surface area contributed by atoms with Crippen LogP contribution in [0.2, 0.25) is 0 Å². The van der Waals surface area contributed by atoms with Crippen molar-refractivity contribution in [3.8, 4) is 6.07 Å². The molecule has 6 heteroatoms. The first-order valence-corrected chi connectivity index (χ1v) is 4.71. The molecule has 0 aliphatic rings. The smallest absolute Gasteiger partial charge is 0.350 e. The molecule has 1 rings (SSSR count). The third kappa shape index (κ3) is 3.13. The van der Waals surface area contributed by atoms with Crippen LogP contribution in [0.25, 0.3) is 0 Å². The molecule has 0 unspecified atom stereocenters. The third-order valence-electron chi connectivity index (χ3n) is 1.69. The van der Waals surface area contributed by atoms with E-state index >= 15 is 0 Å². The van der Waals surface area contributed by atoms with Crippen LogP contribution in [0.4, 0.5) is 5.82 Å². The Morgan fingerprint density at radius 2 is 2.56 bits per heavy atom. The summed E-state index contributed by atoms with van der Waals surface area (Å²) in [5.74, 6) is -0.0898. The van der Waals surface area contributed by atoms with Crippen LogP contribution in [-0.2, 0) is 16.6 Å². The molecule has 0 aliphatic carbocycles. The van der Waals surface area contributed by atoms with Crippen LogP contribution in [-0.4, -0.2) is 22.4 Å². The first-order valence-electron chi connectivity index (χ1n) is 4.71. The van der Waals surface area contributed by atoms with Crippen molar-refractivity contribution in [2.75, 3.05) is 11.9 Å². The van der Waals surface area contributed by atoms with Crippen LogP contribution in [0.15, 0.2) is 24.0 Å². The molecule has 1 heterocycles. The van der Waals surface area contributed by atoms with Gasteiger partial charge >= 0.3 is 5.97 Å². The van der Waals surface area contributed by atoms with Crippen molar-refractivity contribution in [3.63, 3.8) is 0 Å². The van der Waals surface area contributed by atoms with E-state index in [-0.39, 0.29) is 12.2 Å². The Morgan fingerprint density at radius 3 is 3.06 bits per heavy atom. The Kier molecular flexibility index (Phi) is 4.09. The second kappa shape index (κ2) is 5.56. The van der Waals surface area contributed by atoms with Crippen LogP contribution in [0.1, 0.15) is 6.92 Å². The van der Waals surface area contributed by atoms with Crippen molar-refractivity contribution in [2.45, 2.75) is 6.92 Å². The van der Waals surface area contributed by atoms with Gasteiger partial charge in [0.25, 0.3) is 0 Å². The number of hydrogen-bond acceptors (Lipinski definition) is 5. The van der Waals surface area contributed by atoms with Crippen molar-refractivity contribution < 1.29 is 9.53 Å². The van der Waals surface area contributed by atoms with Gasteiger partial charge in [0.05, 0.1) is 6.61 Å². The molecule has 0 atom stereocenters. The zero-order valence-electron chi connectivity index (χ0n) is 9.10. The van der Waals surface area contributed by atoms with Crippen LogP contribution in [0.3, 0.4) is 0 Å². The summed E-state index contributed by atoms with van der Waals surface area (Å²) in [4.78, 5) is 11.2. The summed E-state index contributed by atoms with van der Waals surface area (Å²) in [6.45, 7) is 1.92. The maximum absolute atomic E-state index is 11.2. The minimum Gasteiger partial charge on any atom is -0.462 e. The largest absolute Gasteiger partial charge is 0.462 e. The number of carbonyl (C=O) groups excluding carboxylic acids is 1. The molecule has 0 aliphatic heterocycles. The van der Waals surface area contributed by atoms with Gasteiger partial charge in [0, 0.05) is 25.5 Å². The van der Waals surface area contributed by atoms with Gasteiger partial charge in [0.1, 0.15) is 6.07 Å². The Hall–Kier alpha value is -2.29. The molecule has 0 amide bonds. The maximum Gasteiger partial charge on any atom is 0.350 e. The summed E-state index contributed by atoms with van der Waals surface area (Å²) >= 11 is 0. The predicted octanol–water partition coefficient (Wildman–Crippen LogP) is 0.803. The number of esters is 1. The minimum atomic E-state index is -0.645. The molecule has 1 aromatic rings. The summed E-state index contributed by atoms with van der Waals surface area (Å²) in [5, 5.41) is 15.5. The van der Waals surface area contributed by atoms with Gasteiger partial charge in [-0.15, -0.1) is 0 Å². The van der Waals surface area contributed by atoms with Crippen LogP contribution >= 0.6 is 0 Å². The predicted molar refractivity (Wildman–Crippen MR) is 57.2 cm³/mol. The van der Waals surface area contributed by atoms with E-state index in [0.717, 1.165) is 0 Å². The fourth-order valence-corrected chi connectivity index (χ4v) is 0.984. The molecule has 16 heavy (non-hydrogen) atoms. The number of anilines is 1. The standard InChI is InChI=1S/C10H12N4O2/c1-3-16-10(15)8(6-11)7-12-9-4-5-14(2)13-9/h4-5,7H,3H2,1-2H3,(H,12,13)/b8-7+. The molecule has 84 valence electrons. The summed E-state index contributed by atoms with van der Waals surface area (Å²) in [6.07, 6.45) is 3.02. The fraction of sp³-hybridized carbons (Fsp3) is 0.300. The minimum absolute atomic E-state index is 0.0903. The second-order valence-electron chi connectivity index (χ2n) is 2.91. The number of ether oxygens (including phenoxy) is 1. The average molecular weight is 220 g/mol.